The van der Waals surface area contributed by atoms with Gasteiger partial charge in [0.05, 0.1) is 18.8 Å². The average molecular weight is 270 g/mol. The number of carbonyl (C=O) groups is 1. The van der Waals surface area contributed by atoms with Crippen LogP contribution in [0.2, 0.25) is 0 Å². The summed E-state index contributed by atoms with van der Waals surface area (Å²) in [7, 11) is 1.58. The van der Waals surface area contributed by atoms with E-state index in [2.05, 4.69) is 15.7 Å². The maximum atomic E-state index is 11.8. The molecule has 0 bridgehead atoms. The van der Waals surface area contributed by atoms with Crippen LogP contribution >= 0.6 is 0 Å². The third-order valence-corrected chi connectivity index (χ3v) is 2.62. The van der Waals surface area contributed by atoms with Crippen LogP contribution in [-0.2, 0) is 11.3 Å². The number of aromatic nitrogens is 2. The summed E-state index contributed by atoms with van der Waals surface area (Å²) < 4.78 is 6.64. The van der Waals surface area contributed by atoms with Crippen LogP contribution in [0.25, 0.3) is 0 Å². The second-order valence-electron chi connectivity index (χ2n) is 4.20. The number of hydrogen-bond acceptors (Lipinski definition) is 4. The molecule has 7 nitrogen and oxygen atoms in total. The van der Waals surface area contributed by atoms with E-state index in [9.17, 15) is 4.79 Å². The molecule has 1 heterocycles. The van der Waals surface area contributed by atoms with Crippen LogP contribution in [0.3, 0.4) is 0 Å². The van der Waals surface area contributed by atoms with Gasteiger partial charge < -0.3 is 15.2 Å². The Labute approximate surface area is 112 Å². The van der Waals surface area contributed by atoms with Gasteiger partial charge in [0, 0.05) is 26.3 Å². The van der Waals surface area contributed by atoms with Crippen molar-refractivity contribution in [1.82, 2.24) is 15.1 Å². The fourth-order valence-electron chi connectivity index (χ4n) is 1.64. The van der Waals surface area contributed by atoms with E-state index in [-0.39, 0.29) is 18.7 Å². The van der Waals surface area contributed by atoms with E-state index in [1.165, 1.54) is 0 Å². The molecule has 0 aromatic carbocycles. The largest absolute Gasteiger partial charge is 0.394 e. The van der Waals surface area contributed by atoms with Gasteiger partial charge in [0.1, 0.15) is 5.82 Å². The third-order valence-electron chi connectivity index (χ3n) is 2.62. The fourth-order valence-corrected chi connectivity index (χ4v) is 1.64. The van der Waals surface area contributed by atoms with Crippen LogP contribution in [0.4, 0.5) is 10.6 Å². The van der Waals surface area contributed by atoms with Gasteiger partial charge in [0.2, 0.25) is 0 Å². The molecule has 1 rings (SSSR count). The van der Waals surface area contributed by atoms with E-state index >= 15 is 0 Å². The first-order valence-corrected chi connectivity index (χ1v) is 6.40. The highest BCUT2D eigenvalue weighted by Gasteiger charge is 2.12. The minimum absolute atomic E-state index is 0.120. The van der Waals surface area contributed by atoms with E-state index in [0.29, 0.717) is 18.8 Å². The Bertz CT molecular complexity index is 381. The minimum Gasteiger partial charge on any atom is -0.394 e. The summed E-state index contributed by atoms with van der Waals surface area (Å²) in [6.45, 7) is 3.15. The molecule has 0 radical (unpaired) electrons. The van der Waals surface area contributed by atoms with Crippen molar-refractivity contribution in [3.05, 3.63) is 12.3 Å². The molecule has 3 N–H and O–H groups in total. The molecule has 0 aliphatic rings. The molecular weight excluding hydrogens is 248 g/mol. The standard InChI is InChI=1S/C12H22N4O3/c1-3-7-16-11(4-6-13-16)15-12(18)14-10(9-17)5-8-19-2/h4,6,10,17H,3,5,7-9H2,1-2H3,(H2,14,15,18)/t10-/m1/s1. The highest BCUT2D eigenvalue weighted by atomic mass is 16.5. The molecule has 0 aliphatic carbocycles. The van der Waals surface area contributed by atoms with Gasteiger partial charge in [-0.15, -0.1) is 0 Å². The van der Waals surface area contributed by atoms with E-state index in [0.717, 1.165) is 13.0 Å². The van der Waals surface area contributed by atoms with Gasteiger partial charge in [-0.2, -0.15) is 5.10 Å². The van der Waals surface area contributed by atoms with Crippen molar-refractivity contribution in [2.75, 3.05) is 25.6 Å². The summed E-state index contributed by atoms with van der Waals surface area (Å²) in [5, 5.41) is 18.7. The lowest BCUT2D eigenvalue weighted by Gasteiger charge is -2.16. The first-order valence-electron chi connectivity index (χ1n) is 6.40. The number of rotatable bonds is 8. The van der Waals surface area contributed by atoms with E-state index in [1.807, 2.05) is 6.92 Å². The molecule has 1 aromatic heterocycles. The third kappa shape index (κ3) is 5.27. The zero-order chi connectivity index (χ0) is 14.1. The van der Waals surface area contributed by atoms with Crippen molar-refractivity contribution in [2.45, 2.75) is 32.4 Å². The maximum Gasteiger partial charge on any atom is 0.320 e. The Balaban J connectivity index is 2.47. The molecule has 1 atom stereocenters. The van der Waals surface area contributed by atoms with Crippen molar-refractivity contribution in [3.63, 3.8) is 0 Å². The number of amides is 2. The van der Waals surface area contributed by atoms with Crippen LogP contribution in [-0.4, -0.2) is 47.3 Å². The monoisotopic (exact) mass is 270 g/mol. The first kappa shape index (κ1) is 15.5. The first-order chi connectivity index (χ1) is 9.21. The van der Waals surface area contributed by atoms with Gasteiger partial charge in [0.25, 0.3) is 0 Å². The van der Waals surface area contributed by atoms with Crippen molar-refractivity contribution in [1.29, 1.82) is 0 Å². The number of ether oxygens (including phenoxy) is 1. The molecule has 0 saturated carbocycles. The number of methoxy groups -OCH3 is 1. The van der Waals surface area contributed by atoms with Crippen molar-refractivity contribution >= 4 is 11.8 Å². The number of aliphatic hydroxyl groups excluding tert-OH is 1. The second kappa shape index (κ2) is 8.49. The van der Waals surface area contributed by atoms with Gasteiger partial charge in [-0.25, -0.2) is 9.48 Å². The molecule has 0 aliphatic heterocycles. The van der Waals surface area contributed by atoms with E-state index < -0.39 is 0 Å². The molecule has 108 valence electrons. The number of aryl methyl sites for hydroxylation is 1. The predicted molar refractivity (Wildman–Crippen MR) is 72.0 cm³/mol. The molecular formula is C12H22N4O3. The van der Waals surface area contributed by atoms with Crippen LogP contribution in [0.15, 0.2) is 12.3 Å². The van der Waals surface area contributed by atoms with E-state index in [1.54, 1.807) is 24.1 Å². The van der Waals surface area contributed by atoms with Crippen LogP contribution in [0.5, 0.6) is 0 Å². The van der Waals surface area contributed by atoms with Crippen molar-refractivity contribution in [3.8, 4) is 0 Å². The van der Waals surface area contributed by atoms with Crippen molar-refractivity contribution < 1.29 is 14.6 Å². The SMILES string of the molecule is CCCn1nccc1NC(=O)N[C@@H](CO)CCOC. The van der Waals surface area contributed by atoms with E-state index in [4.69, 9.17) is 9.84 Å². The number of anilines is 1. The van der Waals surface area contributed by atoms with Gasteiger partial charge in [0.15, 0.2) is 0 Å². The Hall–Kier alpha value is -1.60. The normalized spacial score (nSPS) is 12.2. The van der Waals surface area contributed by atoms with Gasteiger partial charge in [-0.05, 0) is 12.8 Å². The number of nitrogens with one attached hydrogen (secondary N) is 2. The quantitative estimate of drug-likeness (QED) is 0.652. The van der Waals surface area contributed by atoms with Gasteiger partial charge in [-0.3, -0.25) is 5.32 Å². The number of urea groups is 1. The summed E-state index contributed by atoms with van der Waals surface area (Å²) >= 11 is 0. The Morgan fingerprint density at radius 2 is 2.42 bits per heavy atom. The average Bonchev–Trinajstić information content (AvgIpc) is 2.82. The Morgan fingerprint density at radius 3 is 3.05 bits per heavy atom. The lowest BCUT2D eigenvalue weighted by atomic mass is 10.2. The van der Waals surface area contributed by atoms with Crippen LogP contribution in [0.1, 0.15) is 19.8 Å². The van der Waals surface area contributed by atoms with Gasteiger partial charge in [-0.1, -0.05) is 6.92 Å². The number of hydrogen-bond donors (Lipinski definition) is 3. The lowest BCUT2D eigenvalue weighted by Crippen LogP contribution is -2.41. The smallest absolute Gasteiger partial charge is 0.320 e. The maximum absolute atomic E-state index is 11.8. The topological polar surface area (TPSA) is 88.4 Å². The summed E-state index contributed by atoms with van der Waals surface area (Å²) in [6, 6.07) is 1.06. The summed E-state index contributed by atoms with van der Waals surface area (Å²) in [4.78, 5) is 11.8. The predicted octanol–water partition coefficient (Wildman–Crippen LogP) is 0.812. The fraction of sp³-hybridized carbons (Fsp3) is 0.667. The zero-order valence-electron chi connectivity index (χ0n) is 11.4. The zero-order valence-corrected chi connectivity index (χ0v) is 11.4. The highest BCUT2D eigenvalue weighted by Crippen LogP contribution is 2.06. The summed E-state index contributed by atoms with van der Waals surface area (Å²) in [5.41, 5.74) is 0. The summed E-state index contributed by atoms with van der Waals surface area (Å²) in [6.07, 6.45) is 3.14. The Kier molecular flexibility index (Phi) is 6.91. The number of carbonyl (C=O) groups excluding carboxylic acids is 1. The molecule has 0 unspecified atom stereocenters. The molecule has 19 heavy (non-hydrogen) atoms. The second-order valence-corrected chi connectivity index (χ2v) is 4.20. The number of aliphatic hydroxyl groups is 1. The lowest BCUT2D eigenvalue weighted by molar-refractivity contribution is 0.161. The molecule has 7 heteroatoms. The molecule has 0 fully saturated rings. The minimum atomic E-state index is -0.354. The molecule has 0 saturated heterocycles. The van der Waals surface area contributed by atoms with Crippen LogP contribution < -0.4 is 10.6 Å². The molecule has 2 amide bonds. The number of nitrogens with zero attached hydrogens (tertiary/aromatic N) is 2. The Morgan fingerprint density at radius 1 is 1.63 bits per heavy atom. The molecule has 1 aromatic rings. The van der Waals surface area contributed by atoms with Gasteiger partial charge >= 0.3 is 6.03 Å². The summed E-state index contributed by atoms with van der Waals surface area (Å²) in [5.74, 6) is 0.641. The van der Waals surface area contributed by atoms with Crippen molar-refractivity contribution in [2.24, 2.45) is 0 Å². The van der Waals surface area contributed by atoms with Crippen LogP contribution in [0, 0.1) is 0 Å². The molecule has 0 spiro atoms. The highest BCUT2D eigenvalue weighted by molar-refractivity contribution is 5.88.